The molecule has 0 saturated carbocycles. The number of sulfonamides is 1. The Morgan fingerprint density at radius 2 is 1.17 bits per heavy atom. The number of primary sulfonamides is 1. The van der Waals surface area contributed by atoms with Crippen molar-refractivity contribution in [2.45, 2.75) is 6.92 Å². The molecule has 2 N–H and O–H groups in total. The van der Waals surface area contributed by atoms with Crippen molar-refractivity contribution in [2.24, 2.45) is 5.14 Å². The topological polar surface area (TPSA) is 60.2 Å². The van der Waals surface area contributed by atoms with E-state index in [1.54, 1.807) is 0 Å². The Labute approximate surface area is 73.3 Å². The van der Waals surface area contributed by atoms with Crippen LogP contribution in [-0.2, 0) is 10.0 Å². The molecule has 0 bridgehead atoms. The van der Waals surface area contributed by atoms with Crippen LogP contribution in [-0.4, -0.2) is 14.2 Å². The molecule has 0 saturated heterocycles. The molecule has 12 heavy (non-hydrogen) atoms. The molecule has 0 aliphatic rings. The van der Waals surface area contributed by atoms with Crippen molar-refractivity contribution in [3.63, 3.8) is 0 Å². The molecule has 1 aromatic carbocycles. The lowest BCUT2D eigenvalue weighted by Gasteiger charge is -1.81. The molecule has 4 heteroatoms. The molecular formula is C8H13NO2S. The van der Waals surface area contributed by atoms with Crippen molar-refractivity contribution in [3.05, 3.63) is 36.4 Å². The number of hydrogen-bond acceptors (Lipinski definition) is 2. The minimum absolute atomic E-state index is 0.0208. The van der Waals surface area contributed by atoms with Crippen LogP contribution in [0.2, 0.25) is 0 Å². The van der Waals surface area contributed by atoms with Crippen LogP contribution < -0.4 is 5.14 Å². The van der Waals surface area contributed by atoms with Gasteiger partial charge < -0.3 is 0 Å². The third-order valence-corrected chi connectivity index (χ3v) is 1.87. The van der Waals surface area contributed by atoms with Gasteiger partial charge in [-0.15, -0.1) is 0 Å². The minimum Gasteiger partial charge on any atom is -0.229 e. The lowest BCUT2D eigenvalue weighted by molar-refractivity contribution is 0.599. The highest BCUT2D eigenvalue weighted by Crippen LogP contribution is 1.79. The summed E-state index contributed by atoms with van der Waals surface area (Å²) in [6.07, 6.45) is 0. The highest BCUT2D eigenvalue weighted by Gasteiger charge is 1.90. The number of nitrogens with two attached hydrogens (primary N) is 1. The van der Waals surface area contributed by atoms with Crippen molar-refractivity contribution < 1.29 is 8.42 Å². The maximum absolute atomic E-state index is 9.78. The van der Waals surface area contributed by atoms with Gasteiger partial charge in [-0.05, 0) is 6.92 Å². The lowest BCUT2D eigenvalue weighted by Crippen LogP contribution is -2.13. The van der Waals surface area contributed by atoms with E-state index in [0.29, 0.717) is 0 Å². The van der Waals surface area contributed by atoms with Gasteiger partial charge in [0, 0.05) is 0 Å². The molecule has 3 nitrogen and oxygen atoms in total. The van der Waals surface area contributed by atoms with E-state index >= 15 is 0 Å². The fraction of sp³-hybridized carbons (Fsp3) is 0.250. The van der Waals surface area contributed by atoms with Crippen molar-refractivity contribution in [2.75, 3.05) is 5.75 Å². The van der Waals surface area contributed by atoms with E-state index in [1.807, 2.05) is 36.4 Å². The summed E-state index contributed by atoms with van der Waals surface area (Å²) in [6.45, 7) is 1.50. The predicted octanol–water partition coefficient (Wildman–Crippen LogP) is 0.981. The Hall–Kier alpha value is -0.870. The summed E-state index contributed by atoms with van der Waals surface area (Å²) in [4.78, 5) is 0. The highest BCUT2D eigenvalue weighted by molar-refractivity contribution is 7.89. The molecule has 1 aromatic rings. The van der Waals surface area contributed by atoms with E-state index in [-0.39, 0.29) is 5.75 Å². The molecular weight excluding hydrogens is 174 g/mol. The van der Waals surface area contributed by atoms with Gasteiger partial charge in [0.1, 0.15) is 0 Å². The van der Waals surface area contributed by atoms with Crippen LogP contribution in [0.15, 0.2) is 36.4 Å². The first kappa shape index (κ1) is 11.1. The second kappa shape index (κ2) is 5.74. The van der Waals surface area contributed by atoms with E-state index in [4.69, 9.17) is 0 Å². The second-order valence-corrected chi connectivity index (χ2v) is 4.01. The van der Waals surface area contributed by atoms with Crippen molar-refractivity contribution in [1.29, 1.82) is 0 Å². The van der Waals surface area contributed by atoms with Gasteiger partial charge in [0.2, 0.25) is 10.0 Å². The predicted molar refractivity (Wildman–Crippen MR) is 50.1 cm³/mol. The van der Waals surface area contributed by atoms with Crippen molar-refractivity contribution >= 4 is 10.0 Å². The smallest absolute Gasteiger partial charge is 0.208 e. The molecule has 0 amide bonds. The van der Waals surface area contributed by atoms with E-state index in [1.165, 1.54) is 6.92 Å². The Balaban J connectivity index is 0.000000202. The van der Waals surface area contributed by atoms with Crippen LogP contribution in [0.3, 0.4) is 0 Å². The number of benzene rings is 1. The van der Waals surface area contributed by atoms with Gasteiger partial charge in [0.05, 0.1) is 5.75 Å². The molecule has 0 atom stereocenters. The summed E-state index contributed by atoms with van der Waals surface area (Å²) in [5, 5.41) is 4.51. The molecule has 0 unspecified atom stereocenters. The minimum atomic E-state index is -3.16. The van der Waals surface area contributed by atoms with E-state index < -0.39 is 10.0 Å². The first-order valence-corrected chi connectivity index (χ1v) is 5.28. The van der Waals surface area contributed by atoms with Crippen LogP contribution in [0.5, 0.6) is 0 Å². The average molecular weight is 187 g/mol. The summed E-state index contributed by atoms with van der Waals surface area (Å²) in [6, 6.07) is 12.0. The molecule has 0 fully saturated rings. The Morgan fingerprint density at radius 3 is 1.25 bits per heavy atom. The molecule has 1 rings (SSSR count). The van der Waals surface area contributed by atoms with Crippen LogP contribution in [0, 0.1) is 0 Å². The fourth-order valence-electron chi connectivity index (χ4n) is 0.385. The lowest BCUT2D eigenvalue weighted by atomic mass is 10.4. The molecule has 0 radical (unpaired) electrons. The van der Waals surface area contributed by atoms with Gasteiger partial charge in [0.25, 0.3) is 0 Å². The normalized spacial score (nSPS) is 9.83. The first-order valence-electron chi connectivity index (χ1n) is 3.56. The third-order valence-electron chi connectivity index (χ3n) is 1.07. The van der Waals surface area contributed by atoms with Gasteiger partial charge >= 0.3 is 0 Å². The van der Waals surface area contributed by atoms with Gasteiger partial charge in [0.15, 0.2) is 0 Å². The molecule has 0 aliphatic heterocycles. The summed E-state index contributed by atoms with van der Waals surface area (Å²) in [5.41, 5.74) is 0. The van der Waals surface area contributed by atoms with Crippen molar-refractivity contribution in [1.82, 2.24) is 0 Å². The first-order chi connectivity index (χ1) is 5.56. The maximum Gasteiger partial charge on any atom is 0.208 e. The van der Waals surface area contributed by atoms with E-state index in [2.05, 4.69) is 5.14 Å². The quantitative estimate of drug-likeness (QED) is 0.712. The van der Waals surface area contributed by atoms with Crippen LogP contribution in [0.4, 0.5) is 0 Å². The van der Waals surface area contributed by atoms with Gasteiger partial charge in [-0.1, -0.05) is 36.4 Å². The second-order valence-electron chi connectivity index (χ2n) is 2.11. The third kappa shape index (κ3) is 9.13. The van der Waals surface area contributed by atoms with Gasteiger partial charge in [-0.25, -0.2) is 13.6 Å². The summed E-state index contributed by atoms with van der Waals surface area (Å²) in [5.74, 6) is 0.0208. The van der Waals surface area contributed by atoms with Crippen LogP contribution >= 0.6 is 0 Å². The van der Waals surface area contributed by atoms with Gasteiger partial charge in [-0.3, -0.25) is 0 Å². The largest absolute Gasteiger partial charge is 0.229 e. The Kier molecular flexibility index (Phi) is 5.32. The maximum atomic E-state index is 9.78. The molecule has 0 aliphatic carbocycles. The average Bonchev–Trinajstić information content (AvgIpc) is 2.07. The SMILES string of the molecule is CCS(N)(=O)=O.c1ccccc1. The van der Waals surface area contributed by atoms with Crippen LogP contribution in [0.25, 0.3) is 0 Å². The monoisotopic (exact) mass is 187 g/mol. The van der Waals surface area contributed by atoms with Crippen LogP contribution in [0.1, 0.15) is 6.92 Å². The summed E-state index contributed by atoms with van der Waals surface area (Å²) < 4.78 is 19.6. The van der Waals surface area contributed by atoms with E-state index in [0.717, 1.165) is 0 Å². The highest BCUT2D eigenvalue weighted by atomic mass is 32.2. The van der Waals surface area contributed by atoms with E-state index in [9.17, 15) is 8.42 Å². The Morgan fingerprint density at radius 1 is 1.00 bits per heavy atom. The standard InChI is InChI=1S/C6H6.C2H7NO2S/c1-2-4-6-5-3-1;1-2-6(3,4)5/h1-6H;2H2,1H3,(H2,3,4,5). The number of hydrogen-bond donors (Lipinski definition) is 1. The zero-order valence-electron chi connectivity index (χ0n) is 6.97. The molecule has 68 valence electrons. The number of rotatable bonds is 1. The van der Waals surface area contributed by atoms with Crippen molar-refractivity contribution in [3.8, 4) is 0 Å². The fourth-order valence-corrected chi connectivity index (χ4v) is 0.385. The summed E-state index contributed by atoms with van der Waals surface area (Å²) >= 11 is 0. The molecule has 0 spiro atoms. The molecule has 0 heterocycles. The Bertz CT molecular complexity index is 254. The zero-order chi connectivity index (χ0) is 9.45. The molecule has 0 aromatic heterocycles. The zero-order valence-corrected chi connectivity index (χ0v) is 7.79. The van der Waals surface area contributed by atoms with Gasteiger partial charge in [-0.2, -0.15) is 0 Å². The summed E-state index contributed by atoms with van der Waals surface area (Å²) in [7, 11) is -3.16.